The van der Waals surface area contributed by atoms with Gasteiger partial charge < -0.3 is 5.11 Å². The van der Waals surface area contributed by atoms with Crippen molar-refractivity contribution >= 4 is 21.4 Å². The van der Waals surface area contributed by atoms with Crippen LogP contribution in [0.2, 0.25) is 5.02 Å². The maximum atomic E-state index is 11.9. The predicted octanol–water partition coefficient (Wildman–Crippen LogP) is 2.13. The van der Waals surface area contributed by atoms with E-state index < -0.39 is 15.9 Å². The number of aliphatic hydroxyl groups excluding tert-OH is 1. The minimum Gasteiger partial charge on any atom is -0.392 e. The fourth-order valence-corrected chi connectivity index (χ4v) is 3.36. The molecule has 0 aliphatic heterocycles. The Bertz CT molecular complexity index is 454. The van der Waals surface area contributed by atoms with Gasteiger partial charge >= 0.3 is 0 Å². The largest absolute Gasteiger partial charge is 0.392 e. The van der Waals surface area contributed by atoms with Crippen molar-refractivity contribution in [1.82, 2.24) is 0 Å². The van der Waals surface area contributed by atoms with Crippen molar-refractivity contribution < 1.29 is 13.5 Å². The molecule has 1 N–H and O–H groups in total. The topological polar surface area (TPSA) is 54.4 Å². The number of hydrogen-bond donors (Lipinski definition) is 1. The van der Waals surface area contributed by atoms with E-state index in [4.69, 9.17) is 11.6 Å². The number of hydrogen-bond acceptors (Lipinski definition) is 3. The minimum atomic E-state index is -3.52. The molecule has 16 heavy (non-hydrogen) atoms. The van der Waals surface area contributed by atoms with E-state index in [2.05, 4.69) is 0 Å². The van der Waals surface area contributed by atoms with Crippen LogP contribution >= 0.6 is 11.6 Å². The Labute approximate surface area is 101 Å². The lowest BCUT2D eigenvalue weighted by atomic mass is 10.1. The van der Waals surface area contributed by atoms with Gasteiger partial charge in [-0.2, -0.15) is 0 Å². The van der Waals surface area contributed by atoms with Crippen molar-refractivity contribution in [3.05, 3.63) is 29.3 Å². The number of aliphatic hydroxyl groups is 1. The first-order chi connectivity index (χ1) is 7.34. The first-order valence-corrected chi connectivity index (χ1v) is 7.03. The van der Waals surface area contributed by atoms with Crippen LogP contribution in [0, 0.1) is 5.92 Å². The molecule has 1 rings (SSSR count). The summed E-state index contributed by atoms with van der Waals surface area (Å²) in [5.41, 5.74) is 0. The molecule has 0 spiro atoms. The SMILES string of the molecule is CC(C)C(O)CS(=O)(=O)c1ccccc1Cl. The first-order valence-electron chi connectivity index (χ1n) is 5.00. The number of rotatable bonds is 4. The summed E-state index contributed by atoms with van der Waals surface area (Å²) in [5.74, 6) is -0.397. The monoisotopic (exact) mass is 262 g/mol. The molecule has 90 valence electrons. The summed E-state index contributed by atoms with van der Waals surface area (Å²) in [5, 5.41) is 9.79. The van der Waals surface area contributed by atoms with Gasteiger partial charge in [0.25, 0.3) is 0 Å². The highest BCUT2D eigenvalue weighted by Gasteiger charge is 2.23. The number of sulfone groups is 1. The van der Waals surface area contributed by atoms with Crippen LogP contribution in [0.5, 0.6) is 0 Å². The van der Waals surface area contributed by atoms with Crippen LogP contribution in [0.1, 0.15) is 13.8 Å². The molecule has 0 saturated carbocycles. The molecule has 0 bridgehead atoms. The highest BCUT2D eigenvalue weighted by Crippen LogP contribution is 2.23. The third-order valence-corrected chi connectivity index (χ3v) is 4.58. The van der Waals surface area contributed by atoms with Gasteiger partial charge in [-0.15, -0.1) is 0 Å². The van der Waals surface area contributed by atoms with Crippen LogP contribution < -0.4 is 0 Å². The van der Waals surface area contributed by atoms with Gasteiger partial charge in [-0.05, 0) is 18.1 Å². The Morgan fingerprint density at radius 1 is 1.31 bits per heavy atom. The van der Waals surface area contributed by atoms with Crippen molar-refractivity contribution in [2.75, 3.05) is 5.75 Å². The molecule has 0 saturated heterocycles. The average Bonchev–Trinajstić information content (AvgIpc) is 2.17. The summed E-state index contributed by atoms with van der Waals surface area (Å²) in [6, 6.07) is 6.25. The second kappa shape index (κ2) is 5.17. The van der Waals surface area contributed by atoms with Crippen molar-refractivity contribution in [3.8, 4) is 0 Å². The van der Waals surface area contributed by atoms with Gasteiger partial charge in [-0.25, -0.2) is 8.42 Å². The van der Waals surface area contributed by atoms with Crippen molar-refractivity contribution in [1.29, 1.82) is 0 Å². The van der Waals surface area contributed by atoms with Crippen LogP contribution in [0.25, 0.3) is 0 Å². The van der Waals surface area contributed by atoms with E-state index in [1.165, 1.54) is 12.1 Å². The second-order valence-electron chi connectivity index (χ2n) is 4.02. The standard InChI is InChI=1S/C11H15ClO3S/c1-8(2)10(13)7-16(14,15)11-6-4-3-5-9(11)12/h3-6,8,10,13H,7H2,1-2H3. The summed E-state index contributed by atoms with van der Waals surface area (Å²) in [7, 11) is -3.52. The van der Waals surface area contributed by atoms with Crippen LogP contribution in [-0.4, -0.2) is 25.4 Å². The van der Waals surface area contributed by atoms with Crippen LogP contribution in [-0.2, 0) is 9.84 Å². The Kier molecular flexibility index (Phi) is 4.35. The molecule has 0 fully saturated rings. The maximum Gasteiger partial charge on any atom is 0.182 e. The summed E-state index contributed by atoms with van der Waals surface area (Å²) < 4.78 is 23.8. The van der Waals surface area contributed by atoms with Gasteiger partial charge in [0.1, 0.15) is 0 Å². The minimum absolute atomic E-state index is 0.0800. The smallest absolute Gasteiger partial charge is 0.182 e. The molecular formula is C11H15ClO3S. The Hall–Kier alpha value is -0.580. The lowest BCUT2D eigenvalue weighted by Crippen LogP contribution is -2.25. The highest BCUT2D eigenvalue weighted by atomic mass is 35.5. The van der Waals surface area contributed by atoms with Gasteiger partial charge in [-0.1, -0.05) is 37.6 Å². The summed E-state index contributed by atoms with van der Waals surface area (Å²) in [4.78, 5) is 0.0800. The maximum absolute atomic E-state index is 11.9. The third kappa shape index (κ3) is 3.20. The number of halogens is 1. The summed E-state index contributed by atoms with van der Waals surface area (Å²) in [6.45, 7) is 3.54. The molecule has 0 aliphatic rings. The molecule has 0 heterocycles. The van der Waals surface area contributed by atoms with Gasteiger partial charge in [0.15, 0.2) is 9.84 Å². The second-order valence-corrected chi connectivity index (χ2v) is 6.43. The normalized spacial score (nSPS) is 14.1. The molecule has 5 heteroatoms. The van der Waals surface area contributed by atoms with E-state index in [9.17, 15) is 13.5 Å². The predicted molar refractivity (Wildman–Crippen MR) is 64.3 cm³/mol. The van der Waals surface area contributed by atoms with Crippen molar-refractivity contribution in [3.63, 3.8) is 0 Å². The van der Waals surface area contributed by atoms with Gasteiger partial charge in [0.05, 0.1) is 21.8 Å². The molecule has 0 amide bonds. The van der Waals surface area contributed by atoms with Crippen LogP contribution in [0.3, 0.4) is 0 Å². The lowest BCUT2D eigenvalue weighted by Gasteiger charge is -2.14. The zero-order chi connectivity index (χ0) is 12.3. The number of benzene rings is 1. The fourth-order valence-electron chi connectivity index (χ4n) is 1.20. The van der Waals surface area contributed by atoms with Crippen LogP contribution in [0.15, 0.2) is 29.2 Å². The molecule has 1 atom stereocenters. The molecule has 1 aromatic carbocycles. The van der Waals surface area contributed by atoms with Crippen molar-refractivity contribution in [2.45, 2.75) is 24.8 Å². The molecule has 1 unspecified atom stereocenters. The van der Waals surface area contributed by atoms with E-state index in [1.807, 2.05) is 0 Å². The van der Waals surface area contributed by atoms with E-state index >= 15 is 0 Å². The van der Waals surface area contributed by atoms with Gasteiger partial charge in [0, 0.05) is 0 Å². The van der Waals surface area contributed by atoms with E-state index in [0.717, 1.165) is 0 Å². The Morgan fingerprint density at radius 3 is 2.38 bits per heavy atom. The highest BCUT2D eigenvalue weighted by molar-refractivity contribution is 7.91. The summed E-state index contributed by atoms with van der Waals surface area (Å²) >= 11 is 5.81. The van der Waals surface area contributed by atoms with Gasteiger partial charge in [-0.3, -0.25) is 0 Å². The molecular weight excluding hydrogens is 248 g/mol. The third-order valence-electron chi connectivity index (χ3n) is 2.33. The van der Waals surface area contributed by atoms with Crippen LogP contribution in [0.4, 0.5) is 0 Å². The molecule has 1 aromatic rings. The van der Waals surface area contributed by atoms with Gasteiger partial charge in [0.2, 0.25) is 0 Å². The quantitative estimate of drug-likeness (QED) is 0.904. The fraction of sp³-hybridized carbons (Fsp3) is 0.455. The summed E-state index contributed by atoms with van der Waals surface area (Å²) in [6.07, 6.45) is -0.874. The first kappa shape index (κ1) is 13.5. The van der Waals surface area contributed by atoms with E-state index in [-0.39, 0.29) is 21.6 Å². The van der Waals surface area contributed by atoms with Crippen molar-refractivity contribution in [2.24, 2.45) is 5.92 Å². The van der Waals surface area contributed by atoms with E-state index in [0.29, 0.717) is 0 Å². The molecule has 0 aromatic heterocycles. The molecule has 0 aliphatic carbocycles. The van der Waals surface area contributed by atoms with E-state index in [1.54, 1.807) is 26.0 Å². The Morgan fingerprint density at radius 2 is 1.88 bits per heavy atom. The average molecular weight is 263 g/mol. The zero-order valence-corrected chi connectivity index (χ0v) is 10.8. The Balaban J connectivity index is 3.00. The molecule has 0 radical (unpaired) electrons. The molecule has 3 nitrogen and oxygen atoms in total. The zero-order valence-electron chi connectivity index (χ0n) is 9.22. The lowest BCUT2D eigenvalue weighted by molar-refractivity contribution is 0.147.